The molecule has 0 unspecified atom stereocenters. The van der Waals surface area contributed by atoms with Crippen LogP contribution >= 0.6 is 0 Å². The first-order valence-electron chi connectivity index (χ1n) is 8.26. The second-order valence-corrected chi connectivity index (χ2v) is 6.72. The number of hydrogen-bond acceptors (Lipinski definition) is 4. The maximum atomic E-state index is 8.06. The summed E-state index contributed by atoms with van der Waals surface area (Å²) in [5.41, 5.74) is 7.33. The van der Waals surface area contributed by atoms with Crippen LogP contribution in [0.1, 0.15) is 51.7 Å². The van der Waals surface area contributed by atoms with E-state index in [0.29, 0.717) is 53.5 Å². The number of amidine groups is 2. The molecule has 23 heavy (non-hydrogen) atoms. The molecule has 1 aromatic carbocycles. The molecule has 1 aromatic rings. The maximum absolute atomic E-state index is 8.06. The smallest absolute Gasteiger partial charge is 0.158 e. The first-order chi connectivity index (χ1) is 10.9. The SMILES string of the molecule is CC(C)CCOc1ccc(OCCC(C)C)c2c1C(=N)N=C2N. The Morgan fingerprint density at radius 2 is 1.43 bits per heavy atom. The van der Waals surface area contributed by atoms with E-state index in [1.165, 1.54) is 0 Å². The summed E-state index contributed by atoms with van der Waals surface area (Å²) < 4.78 is 11.7. The molecule has 126 valence electrons. The van der Waals surface area contributed by atoms with Crippen LogP contribution in [0.25, 0.3) is 0 Å². The topological polar surface area (TPSA) is 80.7 Å². The summed E-state index contributed by atoms with van der Waals surface area (Å²) in [6, 6.07) is 3.72. The highest BCUT2D eigenvalue weighted by molar-refractivity contribution is 6.23. The third-order valence-corrected chi connectivity index (χ3v) is 3.76. The summed E-state index contributed by atoms with van der Waals surface area (Å²) in [7, 11) is 0. The molecule has 0 aliphatic carbocycles. The Bertz CT molecular complexity index is 607. The number of fused-ring (bicyclic) bond motifs is 1. The number of nitrogens with zero attached hydrogens (tertiary/aromatic N) is 1. The van der Waals surface area contributed by atoms with Crippen LogP contribution in [-0.2, 0) is 0 Å². The van der Waals surface area contributed by atoms with Gasteiger partial charge in [-0.25, -0.2) is 4.99 Å². The number of rotatable bonds is 8. The van der Waals surface area contributed by atoms with Crippen LogP contribution in [0.2, 0.25) is 0 Å². The van der Waals surface area contributed by atoms with E-state index in [4.69, 9.17) is 20.6 Å². The van der Waals surface area contributed by atoms with E-state index in [9.17, 15) is 0 Å². The molecule has 2 rings (SSSR count). The van der Waals surface area contributed by atoms with E-state index in [2.05, 4.69) is 32.7 Å². The van der Waals surface area contributed by atoms with Gasteiger partial charge >= 0.3 is 0 Å². The standard InChI is InChI=1S/C18H27N3O2/c1-11(2)7-9-22-13-5-6-14(23-10-8-12(3)4)16-15(13)17(19)21-18(16)20/h5-6,11-12H,7-10H2,1-4H3,(H3,19,20,21). The van der Waals surface area contributed by atoms with Crippen molar-refractivity contribution in [1.82, 2.24) is 0 Å². The van der Waals surface area contributed by atoms with Gasteiger partial charge in [-0.1, -0.05) is 27.7 Å². The van der Waals surface area contributed by atoms with Gasteiger partial charge in [0.1, 0.15) is 17.3 Å². The lowest BCUT2D eigenvalue weighted by Crippen LogP contribution is -2.14. The molecule has 3 N–H and O–H groups in total. The van der Waals surface area contributed by atoms with Crippen molar-refractivity contribution in [3.8, 4) is 11.5 Å². The Morgan fingerprint density at radius 3 is 1.91 bits per heavy atom. The van der Waals surface area contributed by atoms with E-state index in [0.717, 1.165) is 12.8 Å². The molecule has 0 atom stereocenters. The number of aliphatic imine (C=N–C) groups is 1. The quantitative estimate of drug-likeness (QED) is 0.769. The van der Waals surface area contributed by atoms with E-state index in [-0.39, 0.29) is 5.84 Å². The second kappa shape index (κ2) is 7.49. The summed E-state index contributed by atoms with van der Waals surface area (Å²) in [5, 5.41) is 8.06. The van der Waals surface area contributed by atoms with Crippen molar-refractivity contribution in [2.45, 2.75) is 40.5 Å². The third kappa shape index (κ3) is 4.24. The average Bonchev–Trinajstić information content (AvgIpc) is 2.76. The number of nitrogens with one attached hydrogen (secondary N) is 1. The Morgan fingerprint density at radius 1 is 0.957 bits per heavy atom. The minimum absolute atomic E-state index is 0.145. The molecule has 0 amide bonds. The largest absolute Gasteiger partial charge is 0.493 e. The van der Waals surface area contributed by atoms with Crippen LogP contribution in [0.15, 0.2) is 17.1 Å². The van der Waals surface area contributed by atoms with Crippen LogP contribution in [0.4, 0.5) is 0 Å². The molecular weight excluding hydrogens is 290 g/mol. The third-order valence-electron chi connectivity index (χ3n) is 3.76. The predicted molar refractivity (Wildman–Crippen MR) is 93.9 cm³/mol. The van der Waals surface area contributed by atoms with Crippen molar-refractivity contribution >= 4 is 11.7 Å². The number of ether oxygens (including phenoxy) is 2. The first kappa shape index (κ1) is 17.3. The highest BCUT2D eigenvalue weighted by Crippen LogP contribution is 2.35. The van der Waals surface area contributed by atoms with Gasteiger partial charge in [0.15, 0.2) is 5.84 Å². The molecule has 1 aliphatic heterocycles. The fourth-order valence-corrected chi connectivity index (χ4v) is 2.34. The number of hydrogen-bond donors (Lipinski definition) is 2. The zero-order valence-corrected chi connectivity index (χ0v) is 14.5. The zero-order chi connectivity index (χ0) is 17.0. The van der Waals surface area contributed by atoms with Crippen LogP contribution in [0.5, 0.6) is 11.5 Å². The van der Waals surface area contributed by atoms with Crippen molar-refractivity contribution in [2.75, 3.05) is 13.2 Å². The highest BCUT2D eigenvalue weighted by Gasteiger charge is 2.27. The van der Waals surface area contributed by atoms with E-state index < -0.39 is 0 Å². The lowest BCUT2D eigenvalue weighted by atomic mass is 10.1. The predicted octanol–water partition coefficient (Wildman–Crippen LogP) is 3.58. The Balaban J connectivity index is 2.20. The van der Waals surface area contributed by atoms with Crippen molar-refractivity contribution in [1.29, 1.82) is 5.41 Å². The summed E-state index contributed by atoms with van der Waals surface area (Å²) in [4.78, 5) is 4.08. The normalized spacial score (nSPS) is 13.5. The van der Waals surface area contributed by atoms with Crippen molar-refractivity contribution in [3.63, 3.8) is 0 Å². The Hall–Kier alpha value is -2.04. The Labute approximate surface area is 138 Å². The average molecular weight is 317 g/mol. The lowest BCUT2D eigenvalue weighted by Gasteiger charge is -2.15. The summed E-state index contributed by atoms with van der Waals surface area (Å²) >= 11 is 0. The van der Waals surface area contributed by atoms with Crippen LogP contribution < -0.4 is 15.2 Å². The molecule has 0 aromatic heterocycles. The van der Waals surface area contributed by atoms with Gasteiger partial charge in [0.25, 0.3) is 0 Å². The molecule has 0 spiro atoms. The summed E-state index contributed by atoms with van der Waals surface area (Å²) in [5.74, 6) is 2.96. The van der Waals surface area contributed by atoms with E-state index >= 15 is 0 Å². The fourth-order valence-electron chi connectivity index (χ4n) is 2.34. The molecule has 0 saturated heterocycles. The molecule has 0 saturated carbocycles. The van der Waals surface area contributed by atoms with Crippen molar-refractivity contribution in [3.05, 3.63) is 23.3 Å². The van der Waals surface area contributed by atoms with Crippen LogP contribution in [0.3, 0.4) is 0 Å². The number of nitrogens with two attached hydrogens (primary N) is 1. The van der Waals surface area contributed by atoms with Gasteiger partial charge in [0, 0.05) is 0 Å². The molecular formula is C18H27N3O2. The number of benzene rings is 1. The molecule has 0 bridgehead atoms. The van der Waals surface area contributed by atoms with Gasteiger partial charge in [0.2, 0.25) is 0 Å². The summed E-state index contributed by atoms with van der Waals surface area (Å²) in [6.07, 6.45) is 1.93. The zero-order valence-electron chi connectivity index (χ0n) is 14.5. The van der Waals surface area contributed by atoms with Gasteiger partial charge in [-0.15, -0.1) is 0 Å². The molecule has 1 heterocycles. The fraction of sp³-hybridized carbons (Fsp3) is 0.556. The van der Waals surface area contributed by atoms with Crippen LogP contribution in [0, 0.1) is 17.2 Å². The second-order valence-electron chi connectivity index (χ2n) is 6.72. The van der Waals surface area contributed by atoms with E-state index in [1.54, 1.807) is 0 Å². The molecule has 0 fully saturated rings. The van der Waals surface area contributed by atoms with Crippen molar-refractivity contribution < 1.29 is 9.47 Å². The molecule has 1 aliphatic rings. The Kier molecular flexibility index (Phi) is 5.64. The molecule has 5 nitrogen and oxygen atoms in total. The lowest BCUT2D eigenvalue weighted by molar-refractivity contribution is 0.281. The van der Waals surface area contributed by atoms with Crippen LogP contribution in [-0.4, -0.2) is 24.9 Å². The minimum Gasteiger partial charge on any atom is -0.493 e. The molecule has 0 radical (unpaired) electrons. The van der Waals surface area contributed by atoms with Gasteiger partial charge in [-0.05, 0) is 36.8 Å². The maximum Gasteiger partial charge on any atom is 0.158 e. The highest BCUT2D eigenvalue weighted by atomic mass is 16.5. The monoisotopic (exact) mass is 317 g/mol. The van der Waals surface area contributed by atoms with Gasteiger partial charge < -0.3 is 15.2 Å². The van der Waals surface area contributed by atoms with E-state index in [1.807, 2.05) is 12.1 Å². The van der Waals surface area contributed by atoms with Gasteiger partial charge in [-0.2, -0.15) is 0 Å². The minimum atomic E-state index is 0.145. The van der Waals surface area contributed by atoms with Crippen molar-refractivity contribution in [2.24, 2.45) is 22.6 Å². The van der Waals surface area contributed by atoms with Gasteiger partial charge in [0.05, 0.1) is 24.3 Å². The molecule has 5 heteroatoms. The first-order valence-corrected chi connectivity index (χ1v) is 8.26. The van der Waals surface area contributed by atoms with Gasteiger partial charge in [-0.3, -0.25) is 5.41 Å². The summed E-state index contributed by atoms with van der Waals surface area (Å²) in [6.45, 7) is 9.87.